The first-order valence-electron chi connectivity index (χ1n) is 17.4. The Balaban J connectivity index is 1.14. The minimum Gasteiger partial charge on any atom is -0.506 e. The summed E-state index contributed by atoms with van der Waals surface area (Å²) < 4.78 is 7.50. The molecule has 6 N–H and O–H groups in total. The Morgan fingerprint density at radius 2 is 1.92 bits per heavy atom. The second-order valence-electron chi connectivity index (χ2n) is 13.6. The number of aromatic nitrogens is 4. The van der Waals surface area contributed by atoms with E-state index < -0.39 is 11.6 Å². The highest BCUT2D eigenvalue weighted by Crippen LogP contribution is 2.32. The van der Waals surface area contributed by atoms with Crippen LogP contribution in [-0.2, 0) is 30.7 Å². The molecule has 1 fully saturated rings. The highest BCUT2D eigenvalue weighted by molar-refractivity contribution is 5.95. The van der Waals surface area contributed by atoms with Crippen LogP contribution in [0, 0.1) is 0 Å². The van der Waals surface area contributed by atoms with Crippen LogP contribution < -0.4 is 21.5 Å². The van der Waals surface area contributed by atoms with Crippen molar-refractivity contribution in [3.05, 3.63) is 93.0 Å². The number of aryl methyl sites for hydroxylation is 2. The quantitative estimate of drug-likeness (QED) is 0.103. The summed E-state index contributed by atoms with van der Waals surface area (Å²) in [6.45, 7) is 10.9. The summed E-state index contributed by atoms with van der Waals surface area (Å²) in [6.07, 6.45) is 4.12. The van der Waals surface area contributed by atoms with E-state index in [1.54, 1.807) is 12.1 Å². The van der Waals surface area contributed by atoms with E-state index in [9.17, 15) is 19.8 Å². The standard InChI is InChI=1S/C38H47N7O5/c1-5-30-28(34(42-25-14-16-50-17-15-25)29-21-41-45(6-2)36(29)43-30)20-39-37(49)24-9-7-8-23(18-24)19-38(3,4)40-22-32(47)26-10-12-31(46)35-27(26)11-13-33(48)44-35/h7-13,18,21,25,32,40,46-47H,5-6,14-17,19-20,22H2,1-4H3,(H,39,49)(H,42,43)(H,44,48)/t32-/m0/s1. The number of anilines is 1. The third-order valence-electron chi connectivity index (χ3n) is 9.48. The van der Waals surface area contributed by atoms with Crippen molar-refractivity contribution >= 4 is 33.5 Å². The maximum absolute atomic E-state index is 13.6. The Labute approximate surface area is 291 Å². The van der Waals surface area contributed by atoms with Gasteiger partial charge in [0.1, 0.15) is 5.75 Å². The van der Waals surface area contributed by atoms with Gasteiger partial charge in [-0.2, -0.15) is 5.10 Å². The number of carbonyl (C=O) groups is 1. The number of H-pyrrole nitrogens is 1. The van der Waals surface area contributed by atoms with Gasteiger partial charge < -0.3 is 35.9 Å². The van der Waals surface area contributed by atoms with Crippen molar-refractivity contribution < 1.29 is 19.7 Å². The maximum atomic E-state index is 13.6. The number of phenols is 1. The lowest BCUT2D eigenvalue weighted by Gasteiger charge is -2.28. The summed E-state index contributed by atoms with van der Waals surface area (Å²) in [5.41, 5.74) is 5.41. The molecule has 1 aliphatic rings. The first-order chi connectivity index (χ1) is 24.1. The molecule has 1 amide bonds. The fraction of sp³-hybridized carbons (Fsp3) is 0.421. The van der Waals surface area contributed by atoms with Crippen LogP contribution in [0.2, 0.25) is 0 Å². The van der Waals surface area contributed by atoms with Gasteiger partial charge in [-0.3, -0.25) is 9.59 Å². The number of nitrogens with one attached hydrogen (secondary N) is 4. The zero-order valence-electron chi connectivity index (χ0n) is 29.2. The number of hydrogen-bond acceptors (Lipinski definition) is 9. The molecular formula is C38H47N7O5. The fourth-order valence-electron chi connectivity index (χ4n) is 6.80. The summed E-state index contributed by atoms with van der Waals surface area (Å²) in [4.78, 5) is 33.0. The number of nitrogens with zero attached hydrogens (tertiary/aromatic N) is 3. The predicted octanol–water partition coefficient (Wildman–Crippen LogP) is 4.73. The van der Waals surface area contributed by atoms with Gasteiger partial charge in [0.2, 0.25) is 5.56 Å². The summed E-state index contributed by atoms with van der Waals surface area (Å²) in [5.74, 6) is -0.223. The van der Waals surface area contributed by atoms with Crippen LogP contribution in [0.25, 0.3) is 21.9 Å². The monoisotopic (exact) mass is 681 g/mol. The molecule has 1 saturated heterocycles. The van der Waals surface area contributed by atoms with E-state index in [1.807, 2.05) is 49.0 Å². The number of benzene rings is 2. The van der Waals surface area contributed by atoms with Gasteiger partial charge in [0.25, 0.3) is 5.91 Å². The number of aromatic hydroxyl groups is 1. The molecule has 0 bridgehead atoms. The van der Waals surface area contributed by atoms with Crippen molar-refractivity contribution in [2.45, 2.75) is 84.2 Å². The summed E-state index contributed by atoms with van der Waals surface area (Å²) in [6, 6.07) is 14.0. The molecule has 0 unspecified atom stereocenters. The van der Waals surface area contributed by atoms with Crippen molar-refractivity contribution in [2.75, 3.05) is 25.1 Å². The minimum atomic E-state index is -0.885. The van der Waals surface area contributed by atoms with Gasteiger partial charge in [-0.15, -0.1) is 0 Å². The molecule has 2 aromatic carbocycles. The second kappa shape index (κ2) is 15.0. The zero-order valence-corrected chi connectivity index (χ0v) is 29.2. The van der Waals surface area contributed by atoms with Gasteiger partial charge in [-0.05, 0) is 81.8 Å². The zero-order chi connectivity index (χ0) is 35.4. The number of aliphatic hydroxyl groups excluding tert-OH is 1. The smallest absolute Gasteiger partial charge is 0.251 e. The van der Waals surface area contributed by atoms with E-state index in [-0.39, 0.29) is 29.8 Å². The van der Waals surface area contributed by atoms with Gasteiger partial charge in [0.15, 0.2) is 5.65 Å². The maximum Gasteiger partial charge on any atom is 0.251 e. The van der Waals surface area contributed by atoms with Crippen molar-refractivity contribution in [1.29, 1.82) is 0 Å². The molecule has 4 heterocycles. The molecule has 0 saturated carbocycles. The predicted molar refractivity (Wildman–Crippen MR) is 195 cm³/mol. The molecular weight excluding hydrogens is 634 g/mol. The molecule has 50 heavy (non-hydrogen) atoms. The lowest BCUT2D eigenvalue weighted by atomic mass is 9.93. The Morgan fingerprint density at radius 1 is 1.12 bits per heavy atom. The number of rotatable bonds is 13. The molecule has 0 spiro atoms. The van der Waals surface area contributed by atoms with E-state index in [4.69, 9.17) is 9.72 Å². The van der Waals surface area contributed by atoms with Gasteiger partial charge in [-0.1, -0.05) is 25.1 Å². The van der Waals surface area contributed by atoms with Crippen molar-refractivity contribution in [2.24, 2.45) is 0 Å². The van der Waals surface area contributed by atoms with E-state index in [0.717, 1.165) is 59.6 Å². The second-order valence-corrected chi connectivity index (χ2v) is 13.6. The van der Waals surface area contributed by atoms with Crippen molar-refractivity contribution in [3.63, 3.8) is 0 Å². The highest BCUT2D eigenvalue weighted by Gasteiger charge is 2.24. The van der Waals surface area contributed by atoms with Gasteiger partial charge >= 0.3 is 0 Å². The van der Waals surface area contributed by atoms with E-state index in [2.05, 4.69) is 39.9 Å². The summed E-state index contributed by atoms with van der Waals surface area (Å²) in [7, 11) is 0. The number of hydrogen-bond donors (Lipinski definition) is 6. The van der Waals surface area contributed by atoms with Crippen LogP contribution in [0.1, 0.15) is 79.4 Å². The largest absolute Gasteiger partial charge is 0.506 e. The van der Waals surface area contributed by atoms with Gasteiger partial charge in [0, 0.05) is 72.7 Å². The number of ether oxygens (including phenoxy) is 1. The van der Waals surface area contributed by atoms with Crippen LogP contribution >= 0.6 is 0 Å². The van der Waals surface area contributed by atoms with E-state index >= 15 is 0 Å². The number of β-amino-alcohol motifs (C(OH)–C–C–N with tert-alkyl or cyclic N) is 1. The number of aliphatic hydroxyl groups is 1. The molecule has 5 aromatic rings. The van der Waals surface area contributed by atoms with Gasteiger partial charge in [0.05, 0.1) is 28.9 Å². The molecule has 12 nitrogen and oxygen atoms in total. The fourth-order valence-corrected chi connectivity index (χ4v) is 6.80. The molecule has 6 rings (SSSR count). The first kappa shape index (κ1) is 35.1. The average molecular weight is 682 g/mol. The van der Waals surface area contributed by atoms with Crippen molar-refractivity contribution in [1.82, 2.24) is 30.4 Å². The summed E-state index contributed by atoms with van der Waals surface area (Å²) >= 11 is 0. The lowest BCUT2D eigenvalue weighted by molar-refractivity contribution is 0.0904. The van der Waals surface area contributed by atoms with Crippen LogP contribution in [0.5, 0.6) is 5.75 Å². The first-order valence-corrected chi connectivity index (χ1v) is 17.4. The minimum absolute atomic E-state index is 0.0505. The van der Waals surface area contributed by atoms with Crippen LogP contribution in [0.3, 0.4) is 0 Å². The lowest BCUT2D eigenvalue weighted by Crippen LogP contribution is -2.43. The molecule has 0 aliphatic carbocycles. The Hall–Kier alpha value is -4.78. The van der Waals surface area contributed by atoms with Gasteiger partial charge in [-0.25, -0.2) is 9.67 Å². The Bertz CT molecular complexity index is 2050. The number of carbonyl (C=O) groups excluding carboxylic acids is 1. The number of phenolic OH excluding ortho intramolecular Hbond substituents is 1. The molecule has 0 radical (unpaired) electrons. The molecule has 12 heteroatoms. The number of pyridine rings is 2. The molecule has 1 aliphatic heterocycles. The Morgan fingerprint density at radius 3 is 2.68 bits per heavy atom. The third kappa shape index (κ3) is 7.67. The van der Waals surface area contributed by atoms with Crippen LogP contribution in [0.4, 0.5) is 5.69 Å². The van der Waals surface area contributed by atoms with E-state index in [1.165, 1.54) is 12.1 Å². The average Bonchev–Trinajstić information content (AvgIpc) is 3.53. The van der Waals surface area contributed by atoms with Crippen molar-refractivity contribution in [3.8, 4) is 5.75 Å². The molecule has 264 valence electrons. The Kier molecular flexibility index (Phi) is 10.5. The topological polar surface area (TPSA) is 166 Å². The summed E-state index contributed by atoms with van der Waals surface area (Å²) in [5, 5.41) is 37.8. The number of fused-ring (bicyclic) bond motifs is 2. The SMILES string of the molecule is CCc1nc2c(cnn2CC)c(NC2CCOCC2)c1CNC(=O)c1cccc(CC(C)(C)NC[C@H](O)c2ccc(O)c3[nH]c(=O)ccc23)c1. The molecule has 3 aromatic heterocycles. The van der Waals surface area contributed by atoms with Crippen LogP contribution in [-0.4, -0.2) is 67.2 Å². The third-order valence-corrected chi connectivity index (χ3v) is 9.48. The highest BCUT2D eigenvalue weighted by atomic mass is 16.5. The normalized spacial score (nSPS) is 14.7. The molecule has 1 atom stereocenters. The number of amides is 1. The number of aromatic amines is 1. The van der Waals surface area contributed by atoms with Crippen LogP contribution in [0.15, 0.2) is 59.5 Å². The van der Waals surface area contributed by atoms with E-state index in [0.29, 0.717) is 48.0 Å².